The molecular formula is C14H11BrN2O3. The Bertz CT molecular complexity index is 686. The summed E-state index contributed by atoms with van der Waals surface area (Å²) in [6.45, 7) is 0. The Morgan fingerprint density at radius 1 is 1.15 bits per heavy atom. The van der Waals surface area contributed by atoms with Gasteiger partial charge in [0.1, 0.15) is 0 Å². The lowest BCUT2D eigenvalue weighted by molar-refractivity contribution is 0.0698. The first-order valence-corrected chi connectivity index (χ1v) is 6.47. The van der Waals surface area contributed by atoms with Gasteiger partial charge in [-0.3, -0.25) is 4.79 Å². The van der Waals surface area contributed by atoms with Gasteiger partial charge in [-0.25, -0.2) is 4.79 Å². The molecule has 5 nitrogen and oxygen atoms in total. The van der Waals surface area contributed by atoms with Gasteiger partial charge in [-0.05, 0) is 46.3 Å². The van der Waals surface area contributed by atoms with Crippen molar-refractivity contribution in [2.75, 3.05) is 11.1 Å². The van der Waals surface area contributed by atoms with Crippen molar-refractivity contribution >= 4 is 39.2 Å². The molecule has 0 saturated carbocycles. The fourth-order valence-electron chi connectivity index (χ4n) is 1.66. The third-order valence-corrected chi connectivity index (χ3v) is 3.39. The van der Waals surface area contributed by atoms with E-state index in [9.17, 15) is 9.59 Å². The molecule has 0 saturated heterocycles. The summed E-state index contributed by atoms with van der Waals surface area (Å²) in [6.07, 6.45) is 0. The summed E-state index contributed by atoms with van der Waals surface area (Å²) in [5.41, 5.74) is 6.77. The second kappa shape index (κ2) is 5.75. The topological polar surface area (TPSA) is 92.4 Å². The average Bonchev–Trinajstić information content (AvgIpc) is 2.42. The first kappa shape index (κ1) is 14.1. The van der Waals surface area contributed by atoms with E-state index in [1.165, 1.54) is 18.2 Å². The number of halogens is 1. The van der Waals surface area contributed by atoms with Gasteiger partial charge >= 0.3 is 5.97 Å². The second-order valence-corrected chi connectivity index (χ2v) is 4.90. The third-order valence-electron chi connectivity index (χ3n) is 2.66. The number of nitrogens with two attached hydrogens (primary N) is 1. The molecule has 0 spiro atoms. The Labute approximate surface area is 123 Å². The van der Waals surface area contributed by atoms with Gasteiger partial charge in [-0.1, -0.05) is 12.1 Å². The van der Waals surface area contributed by atoms with Crippen LogP contribution in [-0.4, -0.2) is 17.0 Å². The quantitative estimate of drug-likeness (QED) is 0.752. The molecule has 2 rings (SSSR count). The number of aromatic carboxylic acids is 1. The molecule has 20 heavy (non-hydrogen) atoms. The zero-order valence-electron chi connectivity index (χ0n) is 10.3. The van der Waals surface area contributed by atoms with Gasteiger partial charge in [0, 0.05) is 15.7 Å². The van der Waals surface area contributed by atoms with Gasteiger partial charge in [0.2, 0.25) is 0 Å². The molecule has 102 valence electrons. The molecule has 2 aromatic carbocycles. The van der Waals surface area contributed by atoms with E-state index in [0.717, 1.165) is 0 Å². The second-order valence-electron chi connectivity index (χ2n) is 4.04. The number of nitrogens with one attached hydrogen (secondary N) is 1. The molecule has 0 unspecified atom stereocenters. The van der Waals surface area contributed by atoms with Gasteiger partial charge in [-0.15, -0.1) is 0 Å². The van der Waals surface area contributed by atoms with Crippen LogP contribution < -0.4 is 11.1 Å². The van der Waals surface area contributed by atoms with Crippen molar-refractivity contribution in [3.8, 4) is 0 Å². The highest BCUT2D eigenvalue weighted by Gasteiger charge is 2.13. The molecule has 1 amide bonds. The summed E-state index contributed by atoms with van der Waals surface area (Å²) in [4.78, 5) is 23.1. The number of carboxylic acid groups (broad SMARTS) is 1. The minimum Gasteiger partial charge on any atom is -0.478 e. The Morgan fingerprint density at radius 3 is 2.50 bits per heavy atom. The maximum atomic E-state index is 12.1. The summed E-state index contributed by atoms with van der Waals surface area (Å²) in [6, 6.07) is 11.0. The van der Waals surface area contributed by atoms with Crippen LogP contribution >= 0.6 is 15.9 Å². The van der Waals surface area contributed by atoms with E-state index in [4.69, 9.17) is 10.8 Å². The highest BCUT2D eigenvalue weighted by molar-refractivity contribution is 9.10. The largest absolute Gasteiger partial charge is 0.478 e. The van der Waals surface area contributed by atoms with Crippen molar-refractivity contribution in [1.29, 1.82) is 0 Å². The van der Waals surface area contributed by atoms with Crippen molar-refractivity contribution in [2.45, 2.75) is 0 Å². The fraction of sp³-hybridized carbons (Fsp3) is 0. The predicted molar refractivity (Wildman–Crippen MR) is 79.9 cm³/mol. The van der Waals surface area contributed by atoms with Crippen LogP contribution in [0.15, 0.2) is 46.9 Å². The average molecular weight is 335 g/mol. The Balaban J connectivity index is 2.28. The lowest BCUT2D eigenvalue weighted by Gasteiger charge is -2.09. The summed E-state index contributed by atoms with van der Waals surface area (Å²) < 4.78 is 0.694. The zero-order chi connectivity index (χ0) is 14.7. The lowest BCUT2D eigenvalue weighted by Crippen LogP contribution is -2.15. The number of carboxylic acids is 1. The van der Waals surface area contributed by atoms with Gasteiger partial charge in [0.25, 0.3) is 5.91 Å². The van der Waals surface area contributed by atoms with Crippen LogP contribution in [-0.2, 0) is 0 Å². The van der Waals surface area contributed by atoms with Gasteiger partial charge in [-0.2, -0.15) is 0 Å². The van der Waals surface area contributed by atoms with E-state index < -0.39 is 11.9 Å². The summed E-state index contributed by atoms with van der Waals surface area (Å²) in [7, 11) is 0. The van der Waals surface area contributed by atoms with Crippen molar-refractivity contribution in [3.63, 3.8) is 0 Å². The molecular weight excluding hydrogens is 324 g/mol. The molecule has 2 aromatic rings. The standard InChI is InChI=1S/C14H11BrN2O3/c15-10-6-5-8(7-11(10)16)13(18)17-12-4-2-1-3-9(12)14(19)20/h1-7H,16H2,(H,17,18)(H,19,20). The number of amides is 1. The van der Waals surface area contributed by atoms with E-state index in [1.54, 1.807) is 24.3 Å². The summed E-state index contributed by atoms with van der Waals surface area (Å²) in [5.74, 6) is -1.52. The Kier molecular flexibility index (Phi) is 4.05. The molecule has 0 atom stereocenters. The van der Waals surface area contributed by atoms with Gasteiger partial charge in [0.05, 0.1) is 11.3 Å². The normalized spacial score (nSPS) is 10.1. The highest BCUT2D eigenvalue weighted by atomic mass is 79.9. The number of para-hydroxylation sites is 1. The first-order chi connectivity index (χ1) is 9.49. The van der Waals surface area contributed by atoms with Crippen LogP contribution in [0.5, 0.6) is 0 Å². The monoisotopic (exact) mass is 334 g/mol. The molecule has 0 heterocycles. The minimum atomic E-state index is -1.10. The van der Waals surface area contributed by atoms with E-state index in [-0.39, 0.29) is 11.3 Å². The summed E-state index contributed by atoms with van der Waals surface area (Å²) >= 11 is 3.24. The Morgan fingerprint density at radius 2 is 1.85 bits per heavy atom. The maximum Gasteiger partial charge on any atom is 0.337 e. The number of hydrogen-bond donors (Lipinski definition) is 3. The molecule has 0 fully saturated rings. The molecule has 0 radical (unpaired) electrons. The van der Waals surface area contributed by atoms with Crippen molar-refractivity contribution in [1.82, 2.24) is 0 Å². The molecule has 0 aromatic heterocycles. The number of rotatable bonds is 3. The van der Waals surface area contributed by atoms with Gasteiger partial charge < -0.3 is 16.2 Å². The van der Waals surface area contributed by atoms with E-state index in [1.807, 2.05) is 0 Å². The van der Waals surface area contributed by atoms with Crippen LogP contribution in [0, 0.1) is 0 Å². The van der Waals surface area contributed by atoms with E-state index >= 15 is 0 Å². The maximum absolute atomic E-state index is 12.1. The van der Waals surface area contributed by atoms with Crippen LogP contribution in [0.3, 0.4) is 0 Å². The zero-order valence-corrected chi connectivity index (χ0v) is 11.8. The SMILES string of the molecule is Nc1cc(C(=O)Nc2ccccc2C(=O)O)ccc1Br. The smallest absolute Gasteiger partial charge is 0.337 e. The van der Waals surface area contributed by atoms with Crippen LogP contribution in [0.2, 0.25) is 0 Å². The molecule has 0 aliphatic rings. The number of nitrogen functional groups attached to an aromatic ring is 1. The summed E-state index contributed by atoms with van der Waals surface area (Å²) in [5, 5.41) is 11.6. The third kappa shape index (κ3) is 2.97. The number of benzene rings is 2. The van der Waals surface area contributed by atoms with E-state index in [0.29, 0.717) is 15.7 Å². The first-order valence-electron chi connectivity index (χ1n) is 5.67. The number of hydrogen-bond acceptors (Lipinski definition) is 3. The fourth-order valence-corrected chi connectivity index (χ4v) is 1.90. The van der Waals surface area contributed by atoms with Crippen LogP contribution in [0.1, 0.15) is 20.7 Å². The highest BCUT2D eigenvalue weighted by Crippen LogP contribution is 2.21. The van der Waals surface area contributed by atoms with Gasteiger partial charge in [0.15, 0.2) is 0 Å². The van der Waals surface area contributed by atoms with Crippen LogP contribution in [0.25, 0.3) is 0 Å². The van der Waals surface area contributed by atoms with Crippen molar-refractivity contribution < 1.29 is 14.7 Å². The molecule has 0 bridgehead atoms. The van der Waals surface area contributed by atoms with Crippen molar-refractivity contribution in [2.24, 2.45) is 0 Å². The lowest BCUT2D eigenvalue weighted by atomic mass is 10.1. The Hall–Kier alpha value is -2.34. The number of carbonyl (C=O) groups is 2. The molecule has 6 heteroatoms. The van der Waals surface area contributed by atoms with Crippen LogP contribution in [0.4, 0.5) is 11.4 Å². The van der Waals surface area contributed by atoms with Crippen molar-refractivity contribution in [3.05, 3.63) is 58.1 Å². The molecule has 4 N–H and O–H groups in total. The van der Waals surface area contributed by atoms with E-state index in [2.05, 4.69) is 21.2 Å². The molecule has 0 aliphatic carbocycles. The number of anilines is 2. The number of carbonyl (C=O) groups excluding carboxylic acids is 1. The predicted octanol–water partition coefficient (Wildman–Crippen LogP) is 2.98. The molecule has 0 aliphatic heterocycles. The minimum absolute atomic E-state index is 0.0333.